The zero-order valence-electron chi connectivity index (χ0n) is 16.2. The highest BCUT2D eigenvalue weighted by Gasteiger charge is 2.35. The Morgan fingerprint density at radius 3 is 2.81 bits per heavy atom. The number of hydrogen-bond acceptors (Lipinski definition) is 5. The number of carbonyl (C=O) groups is 1. The molecule has 1 amide bonds. The highest BCUT2D eigenvalue weighted by molar-refractivity contribution is 5.74. The van der Waals surface area contributed by atoms with Crippen LogP contribution in [0.25, 0.3) is 11.4 Å². The van der Waals surface area contributed by atoms with Gasteiger partial charge in [0.1, 0.15) is 5.82 Å². The van der Waals surface area contributed by atoms with Gasteiger partial charge in [0.15, 0.2) is 5.82 Å². The lowest BCUT2D eigenvalue weighted by molar-refractivity contribution is -0.129. The summed E-state index contributed by atoms with van der Waals surface area (Å²) < 4.78 is 0. The Hall–Kier alpha value is -2.50. The van der Waals surface area contributed by atoms with E-state index in [-0.39, 0.29) is 5.91 Å². The summed E-state index contributed by atoms with van der Waals surface area (Å²) in [4.78, 5) is 27.5. The summed E-state index contributed by atoms with van der Waals surface area (Å²) in [5.41, 5.74) is 3.42. The van der Waals surface area contributed by atoms with Crippen molar-refractivity contribution in [1.82, 2.24) is 19.9 Å². The number of carbonyl (C=O) groups excluding carboxylic acids is 1. The highest BCUT2D eigenvalue weighted by Crippen LogP contribution is 2.44. The Morgan fingerprint density at radius 2 is 2.19 bits per heavy atom. The van der Waals surface area contributed by atoms with E-state index in [0.29, 0.717) is 17.8 Å². The van der Waals surface area contributed by atoms with E-state index in [2.05, 4.69) is 17.2 Å². The molecule has 1 aliphatic carbocycles. The van der Waals surface area contributed by atoms with Gasteiger partial charge in [-0.2, -0.15) is 0 Å². The van der Waals surface area contributed by atoms with Gasteiger partial charge in [-0.25, -0.2) is 9.97 Å². The van der Waals surface area contributed by atoms with E-state index >= 15 is 0 Å². The van der Waals surface area contributed by atoms with E-state index in [9.17, 15) is 4.79 Å². The Morgan fingerprint density at radius 1 is 1.33 bits per heavy atom. The molecule has 1 aliphatic heterocycles. The van der Waals surface area contributed by atoms with Gasteiger partial charge in [0.25, 0.3) is 0 Å². The van der Waals surface area contributed by atoms with Gasteiger partial charge in [-0.05, 0) is 43.2 Å². The van der Waals surface area contributed by atoms with Crippen LogP contribution in [0.4, 0.5) is 5.82 Å². The Labute approximate surface area is 160 Å². The second-order valence-corrected chi connectivity index (χ2v) is 7.81. The number of fused-ring (bicyclic) bond motifs is 1. The van der Waals surface area contributed by atoms with Crippen LogP contribution in [-0.2, 0) is 17.8 Å². The molecule has 27 heavy (non-hydrogen) atoms. The van der Waals surface area contributed by atoms with Crippen LogP contribution in [0.1, 0.15) is 50.8 Å². The van der Waals surface area contributed by atoms with Crippen molar-refractivity contribution in [1.29, 1.82) is 0 Å². The van der Waals surface area contributed by atoms with Gasteiger partial charge in [-0.3, -0.25) is 9.78 Å². The molecule has 3 heterocycles. The molecule has 0 saturated heterocycles. The minimum atomic E-state index is 0.0936. The van der Waals surface area contributed by atoms with Crippen LogP contribution in [0.15, 0.2) is 24.5 Å². The molecule has 0 spiro atoms. The van der Waals surface area contributed by atoms with E-state index < -0.39 is 0 Å². The van der Waals surface area contributed by atoms with Crippen LogP contribution in [0.3, 0.4) is 0 Å². The first-order valence-electron chi connectivity index (χ1n) is 9.90. The van der Waals surface area contributed by atoms with Crippen molar-refractivity contribution in [2.75, 3.05) is 18.4 Å². The highest BCUT2D eigenvalue weighted by atomic mass is 16.2. The number of nitrogens with zero attached hydrogens (tertiary/aromatic N) is 4. The third-order valence-electron chi connectivity index (χ3n) is 6.23. The van der Waals surface area contributed by atoms with Gasteiger partial charge < -0.3 is 10.2 Å². The summed E-state index contributed by atoms with van der Waals surface area (Å²) in [6.07, 6.45) is 9.43. The summed E-state index contributed by atoms with van der Waals surface area (Å²) >= 11 is 0. The average molecular weight is 365 g/mol. The normalized spacial score (nSPS) is 17.8. The van der Waals surface area contributed by atoms with Gasteiger partial charge in [-0.15, -0.1) is 0 Å². The molecule has 1 saturated carbocycles. The number of hydrogen-bond donors (Lipinski definition) is 1. The van der Waals surface area contributed by atoms with Crippen molar-refractivity contribution >= 4 is 11.7 Å². The first-order chi connectivity index (χ1) is 13.1. The van der Waals surface area contributed by atoms with Gasteiger partial charge in [0.05, 0.1) is 12.2 Å². The molecule has 2 aliphatic rings. The minimum absolute atomic E-state index is 0.0936. The lowest BCUT2D eigenvalue weighted by Crippen LogP contribution is -2.38. The summed E-state index contributed by atoms with van der Waals surface area (Å²) in [5, 5.41) is 3.65. The van der Waals surface area contributed by atoms with Crippen molar-refractivity contribution in [3.05, 3.63) is 35.8 Å². The molecule has 1 N–H and O–H groups in total. The fourth-order valence-corrected chi connectivity index (χ4v) is 4.07. The van der Waals surface area contributed by atoms with Crippen LogP contribution in [0, 0.1) is 5.41 Å². The maximum Gasteiger partial charge on any atom is 0.219 e. The molecule has 0 bridgehead atoms. The van der Waals surface area contributed by atoms with Gasteiger partial charge in [0, 0.05) is 43.5 Å². The van der Waals surface area contributed by atoms with E-state index in [0.717, 1.165) is 42.1 Å². The van der Waals surface area contributed by atoms with E-state index in [4.69, 9.17) is 9.97 Å². The average Bonchev–Trinajstić information content (AvgIpc) is 2.67. The Bertz CT molecular complexity index is 826. The fourth-order valence-electron chi connectivity index (χ4n) is 4.07. The Balaban J connectivity index is 1.68. The van der Waals surface area contributed by atoms with Crippen molar-refractivity contribution in [2.45, 2.75) is 52.5 Å². The lowest BCUT2D eigenvalue weighted by atomic mass is 9.67. The second-order valence-electron chi connectivity index (χ2n) is 7.81. The number of pyridine rings is 1. The summed E-state index contributed by atoms with van der Waals surface area (Å²) in [7, 11) is 0. The minimum Gasteiger partial charge on any atom is -0.369 e. The summed E-state index contributed by atoms with van der Waals surface area (Å²) in [5.74, 6) is 1.70. The molecule has 0 atom stereocenters. The molecule has 2 aromatic rings. The molecule has 1 fully saturated rings. The first kappa shape index (κ1) is 17.9. The number of amides is 1. The van der Waals surface area contributed by atoms with E-state index in [1.165, 1.54) is 25.7 Å². The zero-order valence-corrected chi connectivity index (χ0v) is 16.2. The quantitative estimate of drug-likeness (QED) is 0.879. The van der Waals surface area contributed by atoms with E-state index in [1.807, 2.05) is 17.0 Å². The maximum atomic E-state index is 11.8. The third kappa shape index (κ3) is 3.53. The van der Waals surface area contributed by atoms with Gasteiger partial charge in [-0.1, -0.05) is 13.3 Å². The number of aromatic nitrogens is 3. The topological polar surface area (TPSA) is 71.0 Å². The lowest BCUT2D eigenvalue weighted by Gasteiger charge is -2.41. The van der Waals surface area contributed by atoms with Crippen LogP contribution in [-0.4, -0.2) is 38.8 Å². The van der Waals surface area contributed by atoms with Crippen molar-refractivity contribution in [3.8, 4) is 11.4 Å². The SMILES string of the molecule is CCC1(CNc2nc(-c3cccnc3)nc3c2CCN(C(C)=O)C3)CCC1. The molecule has 4 rings (SSSR count). The molecule has 142 valence electrons. The first-order valence-corrected chi connectivity index (χ1v) is 9.90. The third-order valence-corrected chi connectivity index (χ3v) is 6.23. The molecule has 6 nitrogen and oxygen atoms in total. The van der Waals surface area contributed by atoms with E-state index in [1.54, 1.807) is 19.3 Å². The van der Waals surface area contributed by atoms with Gasteiger partial charge in [0.2, 0.25) is 5.91 Å². The number of nitrogens with one attached hydrogen (secondary N) is 1. The second kappa shape index (κ2) is 7.25. The van der Waals surface area contributed by atoms with Crippen molar-refractivity contribution in [2.24, 2.45) is 5.41 Å². The molecule has 0 radical (unpaired) electrons. The molecule has 6 heteroatoms. The van der Waals surface area contributed by atoms with Crippen molar-refractivity contribution < 1.29 is 4.79 Å². The number of rotatable bonds is 5. The smallest absolute Gasteiger partial charge is 0.219 e. The standard InChI is InChI=1S/C21H27N5O/c1-3-21(8-5-9-21)14-23-20-17-7-11-26(15(2)27)13-18(17)24-19(25-20)16-6-4-10-22-12-16/h4,6,10,12H,3,5,7-9,11,13-14H2,1-2H3,(H,23,24,25). The molecular formula is C21H27N5O. The monoisotopic (exact) mass is 365 g/mol. The fraction of sp³-hybridized carbons (Fsp3) is 0.524. The van der Waals surface area contributed by atoms with Crippen LogP contribution in [0.5, 0.6) is 0 Å². The van der Waals surface area contributed by atoms with Crippen LogP contribution in [0.2, 0.25) is 0 Å². The van der Waals surface area contributed by atoms with Crippen LogP contribution >= 0.6 is 0 Å². The number of anilines is 1. The summed E-state index contributed by atoms with van der Waals surface area (Å²) in [6, 6.07) is 3.87. The zero-order chi connectivity index (χ0) is 18.9. The largest absolute Gasteiger partial charge is 0.369 e. The predicted molar refractivity (Wildman–Crippen MR) is 105 cm³/mol. The maximum absolute atomic E-state index is 11.8. The van der Waals surface area contributed by atoms with Crippen LogP contribution < -0.4 is 5.32 Å². The molecule has 0 aromatic carbocycles. The predicted octanol–water partition coefficient (Wildman–Crippen LogP) is 3.44. The molecule has 2 aromatic heterocycles. The summed E-state index contributed by atoms with van der Waals surface area (Å²) in [6.45, 7) is 6.13. The van der Waals surface area contributed by atoms with Crippen molar-refractivity contribution in [3.63, 3.8) is 0 Å². The van der Waals surface area contributed by atoms with Gasteiger partial charge >= 0.3 is 0 Å². The Kier molecular flexibility index (Phi) is 4.81. The molecule has 0 unspecified atom stereocenters. The molecular weight excluding hydrogens is 338 g/mol.